The normalized spacial score (nSPS) is 23.6. The van der Waals surface area contributed by atoms with Gasteiger partial charge in [-0.2, -0.15) is 0 Å². The SMILES string of the molecule is COC(=O)c1ccc(CS(=O)C2CCOC2C)c(Br)c1. The Labute approximate surface area is 129 Å². The highest BCUT2D eigenvalue weighted by atomic mass is 79.9. The van der Waals surface area contributed by atoms with Gasteiger partial charge in [-0.3, -0.25) is 4.21 Å². The van der Waals surface area contributed by atoms with Crippen molar-refractivity contribution >= 4 is 32.7 Å². The lowest BCUT2D eigenvalue weighted by atomic mass is 10.1. The Bertz CT molecular complexity index is 532. The average Bonchev–Trinajstić information content (AvgIpc) is 2.86. The second-order valence-corrected chi connectivity index (χ2v) is 7.24. The van der Waals surface area contributed by atoms with Gasteiger partial charge in [-0.1, -0.05) is 22.0 Å². The number of methoxy groups -OCH3 is 1. The summed E-state index contributed by atoms with van der Waals surface area (Å²) in [6.07, 6.45) is 0.884. The first-order valence-electron chi connectivity index (χ1n) is 6.38. The van der Waals surface area contributed by atoms with Gasteiger partial charge in [-0.15, -0.1) is 0 Å². The van der Waals surface area contributed by atoms with Crippen molar-refractivity contribution in [2.75, 3.05) is 13.7 Å². The summed E-state index contributed by atoms with van der Waals surface area (Å²) in [5.74, 6) is 0.0802. The van der Waals surface area contributed by atoms with Crippen molar-refractivity contribution in [2.45, 2.75) is 30.5 Å². The number of hydrogen-bond donors (Lipinski definition) is 0. The minimum Gasteiger partial charge on any atom is -0.465 e. The van der Waals surface area contributed by atoms with Gasteiger partial charge in [-0.05, 0) is 31.0 Å². The van der Waals surface area contributed by atoms with Gasteiger partial charge in [0, 0.05) is 21.9 Å². The number of benzene rings is 1. The van der Waals surface area contributed by atoms with Crippen molar-refractivity contribution in [1.29, 1.82) is 0 Å². The summed E-state index contributed by atoms with van der Waals surface area (Å²) in [4.78, 5) is 11.4. The lowest BCUT2D eigenvalue weighted by molar-refractivity contribution is 0.0600. The van der Waals surface area contributed by atoms with Crippen LogP contribution in [0, 0.1) is 0 Å². The quantitative estimate of drug-likeness (QED) is 0.774. The Balaban J connectivity index is 2.10. The molecule has 1 fully saturated rings. The number of halogens is 1. The molecular formula is C14H17BrO4S. The Morgan fingerprint density at radius 2 is 2.30 bits per heavy atom. The molecular weight excluding hydrogens is 344 g/mol. The van der Waals surface area contributed by atoms with Crippen LogP contribution < -0.4 is 0 Å². The van der Waals surface area contributed by atoms with Crippen LogP contribution in [0.2, 0.25) is 0 Å². The van der Waals surface area contributed by atoms with E-state index in [4.69, 9.17) is 4.74 Å². The summed E-state index contributed by atoms with van der Waals surface area (Å²) in [7, 11) is 0.371. The molecule has 0 saturated carbocycles. The predicted molar refractivity (Wildman–Crippen MR) is 81.1 cm³/mol. The number of carbonyl (C=O) groups is 1. The van der Waals surface area contributed by atoms with Crippen LogP contribution in [0.1, 0.15) is 29.3 Å². The van der Waals surface area contributed by atoms with Crippen molar-refractivity contribution in [3.05, 3.63) is 33.8 Å². The van der Waals surface area contributed by atoms with Gasteiger partial charge in [0.05, 0.1) is 29.8 Å². The number of rotatable bonds is 4. The molecule has 0 spiro atoms. The third-order valence-electron chi connectivity index (χ3n) is 3.42. The summed E-state index contributed by atoms with van der Waals surface area (Å²) in [5, 5.41) is 0.0854. The molecule has 4 nitrogen and oxygen atoms in total. The lowest BCUT2D eigenvalue weighted by Crippen LogP contribution is -2.24. The van der Waals surface area contributed by atoms with Crippen molar-refractivity contribution in [2.24, 2.45) is 0 Å². The minimum atomic E-state index is -0.977. The van der Waals surface area contributed by atoms with E-state index in [0.717, 1.165) is 16.5 Å². The summed E-state index contributed by atoms with van der Waals surface area (Å²) in [6, 6.07) is 5.21. The molecule has 1 saturated heterocycles. The van der Waals surface area contributed by atoms with Crippen LogP contribution in [0.15, 0.2) is 22.7 Å². The molecule has 20 heavy (non-hydrogen) atoms. The number of hydrogen-bond acceptors (Lipinski definition) is 4. The topological polar surface area (TPSA) is 52.6 Å². The number of ether oxygens (including phenoxy) is 2. The summed E-state index contributed by atoms with van der Waals surface area (Å²) in [6.45, 7) is 2.64. The van der Waals surface area contributed by atoms with Crippen LogP contribution in [0.3, 0.4) is 0 Å². The van der Waals surface area contributed by atoms with E-state index in [1.807, 2.05) is 13.0 Å². The number of carbonyl (C=O) groups excluding carboxylic acids is 1. The fourth-order valence-corrected chi connectivity index (χ4v) is 4.57. The van der Waals surface area contributed by atoms with Gasteiger partial charge in [0.15, 0.2) is 0 Å². The zero-order chi connectivity index (χ0) is 14.7. The summed E-state index contributed by atoms with van der Waals surface area (Å²) < 4.78 is 23.3. The maximum absolute atomic E-state index is 12.4. The Morgan fingerprint density at radius 3 is 2.85 bits per heavy atom. The van der Waals surface area contributed by atoms with E-state index in [-0.39, 0.29) is 17.3 Å². The van der Waals surface area contributed by atoms with Crippen molar-refractivity contribution in [3.63, 3.8) is 0 Å². The largest absolute Gasteiger partial charge is 0.465 e. The monoisotopic (exact) mass is 360 g/mol. The fourth-order valence-electron chi connectivity index (χ4n) is 2.23. The highest BCUT2D eigenvalue weighted by Crippen LogP contribution is 2.25. The molecule has 0 amide bonds. The van der Waals surface area contributed by atoms with E-state index in [1.165, 1.54) is 7.11 Å². The molecule has 1 heterocycles. The van der Waals surface area contributed by atoms with E-state index < -0.39 is 10.8 Å². The molecule has 3 unspecified atom stereocenters. The molecule has 3 atom stereocenters. The van der Waals surface area contributed by atoms with Crippen LogP contribution in [0.4, 0.5) is 0 Å². The molecule has 6 heteroatoms. The molecule has 110 valence electrons. The highest BCUT2D eigenvalue weighted by molar-refractivity contribution is 9.10. The van der Waals surface area contributed by atoms with E-state index in [9.17, 15) is 9.00 Å². The van der Waals surface area contributed by atoms with Gasteiger partial charge in [0.25, 0.3) is 0 Å². The van der Waals surface area contributed by atoms with E-state index in [2.05, 4.69) is 20.7 Å². The van der Waals surface area contributed by atoms with Gasteiger partial charge >= 0.3 is 5.97 Å². The fraction of sp³-hybridized carbons (Fsp3) is 0.500. The molecule has 0 radical (unpaired) electrons. The highest BCUT2D eigenvalue weighted by Gasteiger charge is 2.29. The zero-order valence-electron chi connectivity index (χ0n) is 11.4. The molecule has 0 aromatic heterocycles. The molecule has 0 aliphatic carbocycles. The van der Waals surface area contributed by atoms with Crippen LogP contribution in [0.25, 0.3) is 0 Å². The van der Waals surface area contributed by atoms with Crippen molar-refractivity contribution in [3.8, 4) is 0 Å². The summed E-state index contributed by atoms with van der Waals surface area (Å²) in [5.41, 5.74) is 1.40. The lowest BCUT2D eigenvalue weighted by Gasteiger charge is -2.14. The minimum absolute atomic E-state index is 0.0453. The Morgan fingerprint density at radius 1 is 1.55 bits per heavy atom. The third kappa shape index (κ3) is 3.48. The van der Waals surface area contributed by atoms with E-state index in [0.29, 0.717) is 17.9 Å². The Hall–Kier alpha value is -0.720. The predicted octanol–water partition coefficient (Wildman–Crippen LogP) is 2.66. The second kappa shape index (κ2) is 6.83. The van der Waals surface area contributed by atoms with Gasteiger partial charge in [-0.25, -0.2) is 4.79 Å². The molecule has 1 aromatic carbocycles. The number of esters is 1. The molecule has 1 aliphatic rings. The van der Waals surface area contributed by atoms with Gasteiger partial charge < -0.3 is 9.47 Å². The second-order valence-electron chi connectivity index (χ2n) is 4.73. The first-order chi connectivity index (χ1) is 9.52. The molecule has 1 aliphatic heterocycles. The maximum atomic E-state index is 12.4. The van der Waals surface area contributed by atoms with E-state index in [1.54, 1.807) is 12.1 Å². The van der Waals surface area contributed by atoms with Crippen molar-refractivity contribution in [1.82, 2.24) is 0 Å². The van der Waals surface area contributed by atoms with Crippen molar-refractivity contribution < 1.29 is 18.5 Å². The molecule has 2 rings (SSSR count). The Kier molecular flexibility index (Phi) is 5.35. The van der Waals surface area contributed by atoms with Crippen LogP contribution in [-0.4, -0.2) is 35.2 Å². The van der Waals surface area contributed by atoms with Gasteiger partial charge in [0.1, 0.15) is 0 Å². The van der Waals surface area contributed by atoms with Gasteiger partial charge in [0.2, 0.25) is 0 Å². The molecule has 1 aromatic rings. The first kappa shape index (κ1) is 15.7. The average molecular weight is 361 g/mol. The molecule has 0 bridgehead atoms. The zero-order valence-corrected chi connectivity index (χ0v) is 13.8. The van der Waals surface area contributed by atoms with Crippen LogP contribution >= 0.6 is 15.9 Å². The molecule has 0 N–H and O–H groups in total. The standard InChI is InChI=1S/C14H17BrO4S/c1-9-13(5-6-19-9)20(17)8-11-4-3-10(7-12(11)15)14(16)18-2/h3-4,7,9,13H,5-6,8H2,1-2H3. The maximum Gasteiger partial charge on any atom is 0.337 e. The van der Waals surface area contributed by atoms with E-state index >= 15 is 0 Å². The van der Waals surface area contributed by atoms with Crippen LogP contribution in [-0.2, 0) is 26.0 Å². The third-order valence-corrected chi connectivity index (χ3v) is 6.04. The first-order valence-corrected chi connectivity index (χ1v) is 8.56. The van der Waals surface area contributed by atoms with Crippen LogP contribution in [0.5, 0.6) is 0 Å². The summed E-state index contributed by atoms with van der Waals surface area (Å²) >= 11 is 3.42. The smallest absolute Gasteiger partial charge is 0.337 e.